The van der Waals surface area contributed by atoms with Crippen LogP contribution in [0.4, 0.5) is 13.2 Å². The van der Waals surface area contributed by atoms with Gasteiger partial charge in [0.25, 0.3) is 0 Å². The second-order valence-corrected chi connectivity index (χ2v) is 5.76. The van der Waals surface area contributed by atoms with Crippen LogP contribution in [0.5, 0.6) is 0 Å². The summed E-state index contributed by atoms with van der Waals surface area (Å²) in [6, 6.07) is 12.2. The molecule has 0 fully saturated rings. The highest BCUT2D eigenvalue weighted by Crippen LogP contribution is 2.33. The zero-order valence-electron chi connectivity index (χ0n) is 12.6. The molecule has 3 aromatic carbocycles. The summed E-state index contributed by atoms with van der Waals surface area (Å²) >= 11 is 0. The highest BCUT2D eigenvalue weighted by molar-refractivity contribution is 6.07. The monoisotopic (exact) mass is 328 g/mol. The van der Waals surface area contributed by atoms with Gasteiger partial charge in [-0.3, -0.25) is 4.79 Å². The van der Waals surface area contributed by atoms with Gasteiger partial charge in [0, 0.05) is 5.39 Å². The van der Waals surface area contributed by atoms with E-state index in [9.17, 15) is 18.0 Å². The van der Waals surface area contributed by atoms with Crippen molar-refractivity contribution in [2.75, 3.05) is 0 Å². The molecule has 24 heavy (non-hydrogen) atoms. The first kappa shape index (κ1) is 14.8. The standard InChI is InChI=1S/C19H11F3O2/c1-10-8-11-4-2-3-5-13(11)18-16(10)17(23)14-7-6-12(19(20,21)22)9-15(14)24-18/h2-9H,1H3. The number of hydrogen-bond acceptors (Lipinski definition) is 2. The van der Waals surface area contributed by atoms with Gasteiger partial charge in [-0.15, -0.1) is 0 Å². The number of halogens is 3. The normalized spacial score (nSPS) is 12.3. The van der Waals surface area contributed by atoms with Crippen molar-refractivity contribution in [1.82, 2.24) is 0 Å². The Hall–Kier alpha value is -2.82. The number of aryl methyl sites for hydroxylation is 1. The zero-order chi connectivity index (χ0) is 17.1. The average molecular weight is 328 g/mol. The molecule has 0 aliphatic carbocycles. The molecule has 5 heteroatoms. The fraction of sp³-hybridized carbons (Fsp3) is 0.105. The summed E-state index contributed by atoms with van der Waals surface area (Å²) in [4.78, 5) is 12.8. The smallest absolute Gasteiger partial charge is 0.416 e. The Morgan fingerprint density at radius 2 is 1.71 bits per heavy atom. The third-order valence-electron chi connectivity index (χ3n) is 4.19. The van der Waals surface area contributed by atoms with E-state index in [0.717, 1.165) is 23.1 Å². The number of benzene rings is 3. The van der Waals surface area contributed by atoms with Crippen molar-refractivity contribution < 1.29 is 17.6 Å². The maximum Gasteiger partial charge on any atom is 0.416 e. The van der Waals surface area contributed by atoms with Gasteiger partial charge in [-0.05, 0) is 36.1 Å². The van der Waals surface area contributed by atoms with Crippen LogP contribution in [-0.2, 0) is 6.18 Å². The van der Waals surface area contributed by atoms with E-state index in [1.54, 1.807) is 19.1 Å². The average Bonchev–Trinajstić information content (AvgIpc) is 2.53. The Morgan fingerprint density at radius 1 is 0.958 bits per heavy atom. The molecule has 0 spiro atoms. The second-order valence-electron chi connectivity index (χ2n) is 5.76. The molecular formula is C19H11F3O2. The first-order valence-electron chi connectivity index (χ1n) is 7.32. The summed E-state index contributed by atoms with van der Waals surface area (Å²) in [6.45, 7) is 1.79. The lowest BCUT2D eigenvalue weighted by molar-refractivity contribution is -0.137. The molecule has 0 bridgehead atoms. The predicted octanol–water partition coefficient (Wildman–Crippen LogP) is 5.43. The van der Waals surface area contributed by atoms with Crippen LogP contribution in [0.1, 0.15) is 11.1 Å². The molecule has 0 aliphatic rings. The lowest BCUT2D eigenvalue weighted by Gasteiger charge is -2.10. The van der Waals surface area contributed by atoms with Gasteiger partial charge in [0.1, 0.15) is 11.2 Å². The van der Waals surface area contributed by atoms with Crippen LogP contribution in [0, 0.1) is 6.92 Å². The molecule has 0 radical (unpaired) electrons. The Bertz CT molecular complexity index is 1170. The molecule has 0 amide bonds. The third kappa shape index (κ3) is 2.08. The zero-order valence-corrected chi connectivity index (χ0v) is 12.6. The Balaban J connectivity index is 2.22. The largest absolute Gasteiger partial charge is 0.455 e. The summed E-state index contributed by atoms with van der Waals surface area (Å²) in [5.41, 5.74) is -0.155. The highest BCUT2D eigenvalue weighted by atomic mass is 19.4. The quantitative estimate of drug-likeness (QED) is 0.318. The molecule has 4 aromatic rings. The molecule has 0 unspecified atom stereocenters. The van der Waals surface area contributed by atoms with Crippen LogP contribution >= 0.6 is 0 Å². The van der Waals surface area contributed by atoms with Crippen molar-refractivity contribution in [3.05, 3.63) is 69.9 Å². The topological polar surface area (TPSA) is 30.2 Å². The van der Waals surface area contributed by atoms with Gasteiger partial charge < -0.3 is 4.42 Å². The van der Waals surface area contributed by atoms with Crippen molar-refractivity contribution >= 4 is 32.7 Å². The fourth-order valence-corrected chi connectivity index (χ4v) is 3.05. The Morgan fingerprint density at radius 3 is 2.46 bits per heavy atom. The van der Waals surface area contributed by atoms with E-state index in [0.29, 0.717) is 16.4 Å². The van der Waals surface area contributed by atoms with E-state index in [1.807, 2.05) is 18.2 Å². The van der Waals surface area contributed by atoms with E-state index in [-0.39, 0.29) is 16.4 Å². The molecule has 120 valence electrons. The van der Waals surface area contributed by atoms with Gasteiger partial charge in [0.2, 0.25) is 5.43 Å². The SMILES string of the molecule is Cc1cc2ccccc2c2oc3cc(C(F)(F)F)ccc3c(=O)c12. The molecule has 0 saturated carbocycles. The van der Waals surface area contributed by atoms with Crippen LogP contribution in [0.25, 0.3) is 32.7 Å². The number of fused-ring (bicyclic) bond motifs is 4. The second kappa shape index (κ2) is 4.84. The van der Waals surface area contributed by atoms with Gasteiger partial charge in [-0.2, -0.15) is 13.2 Å². The maximum atomic E-state index is 12.9. The molecular weight excluding hydrogens is 317 g/mol. The number of hydrogen-bond donors (Lipinski definition) is 0. The van der Waals surface area contributed by atoms with Crippen molar-refractivity contribution in [1.29, 1.82) is 0 Å². The molecule has 1 aromatic heterocycles. The van der Waals surface area contributed by atoms with E-state index >= 15 is 0 Å². The van der Waals surface area contributed by atoms with Crippen LogP contribution < -0.4 is 5.43 Å². The van der Waals surface area contributed by atoms with Crippen molar-refractivity contribution in [2.24, 2.45) is 0 Å². The van der Waals surface area contributed by atoms with E-state index in [1.165, 1.54) is 6.07 Å². The van der Waals surface area contributed by atoms with Crippen molar-refractivity contribution in [3.8, 4) is 0 Å². The summed E-state index contributed by atoms with van der Waals surface area (Å²) in [5, 5.41) is 2.13. The summed E-state index contributed by atoms with van der Waals surface area (Å²) in [5.74, 6) is 0. The minimum absolute atomic E-state index is 0.0573. The molecule has 4 rings (SSSR count). The molecule has 2 nitrogen and oxygen atoms in total. The third-order valence-corrected chi connectivity index (χ3v) is 4.19. The van der Waals surface area contributed by atoms with Crippen LogP contribution in [0.15, 0.2) is 57.7 Å². The lowest BCUT2D eigenvalue weighted by atomic mass is 10.0. The minimum Gasteiger partial charge on any atom is -0.455 e. The van der Waals surface area contributed by atoms with Gasteiger partial charge in [-0.25, -0.2) is 0 Å². The van der Waals surface area contributed by atoms with E-state index in [4.69, 9.17) is 4.42 Å². The first-order valence-corrected chi connectivity index (χ1v) is 7.32. The summed E-state index contributed by atoms with van der Waals surface area (Å²) < 4.78 is 44.5. The summed E-state index contributed by atoms with van der Waals surface area (Å²) in [6.07, 6.45) is -4.49. The van der Waals surface area contributed by atoms with Gasteiger partial charge >= 0.3 is 6.18 Å². The maximum absolute atomic E-state index is 12.9. The predicted molar refractivity (Wildman–Crippen MR) is 87.2 cm³/mol. The van der Waals surface area contributed by atoms with Gasteiger partial charge in [-0.1, -0.05) is 30.3 Å². The Labute approximate surface area is 134 Å². The highest BCUT2D eigenvalue weighted by Gasteiger charge is 2.31. The minimum atomic E-state index is -4.49. The van der Waals surface area contributed by atoms with Crippen LogP contribution in [0.3, 0.4) is 0 Å². The first-order chi connectivity index (χ1) is 11.4. The molecule has 0 atom stereocenters. The molecule has 1 heterocycles. The lowest BCUT2D eigenvalue weighted by Crippen LogP contribution is -2.08. The van der Waals surface area contributed by atoms with Crippen LogP contribution in [0.2, 0.25) is 0 Å². The number of alkyl halides is 3. The van der Waals surface area contributed by atoms with Crippen molar-refractivity contribution in [2.45, 2.75) is 13.1 Å². The summed E-state index contributed by atoms with van der Waals surface area (Å²) in [7, 11) is 0. The van der Waals surface area contributed by atoms with Gasteiger partial charge in [0.15, 0.2) is 0 Å². The molecule has 0 aliphatic heterocycles. The van der Waals surface area contributed by atoms with Crippen molar-refractivity contribution in [3.63, 3.8) is 0 Å². The van der Waals surface area contributed by atoms with E-state index < -0.39 is 11.7 Å². The Kier molecular flexibility index (Phi) is 2.97. The van der Waals surface area contributed by atoms with E-state index in [2.05, 4.69) is 0 Å². The number of rotatable bonds is 0. The van der Waals surface area contributed by atoms with Crippen LogP contribution in [-0.4, -0.2) is 0 Å². The molecule has 0 saturated heterocycles. The fourth-order valence-electron chi connectivity index (χ4n) is 3.05. The van der Waals surface area contributed by atoms with Gasteiger partial charge in [0.05, 0.1) is 16.3 Å². The molecule has 0 N–H and O–H groups in total.